The largest absolute Gasteiger partial charge is 0.487 e. The van der Waals surface area contributed by atoms with Crippen molar-refractivity contribution in [1.29, 1.82) is 0 Å². The summed E-state index contributed by atoms with van der Waals surface area (Å²) >= 11 is 1.84. The van der Waals surface area contributed by atoms with Crippen LogP contribution in [0.1, 0.15) is 103 Å². The minimum Gasteiger partial charge on any atom is -0.487 e. The summed E-state index contributed by atoms with van der Waals surface area (Å²) in [5.41, 5.74) is 2.50. The molecule has 1 aliphatic rings. The van der Waals surface area contributed by atoms with Crippen LogP contribution in [0.25, 0.3) is 0 Å². The van der Waals surface area contributed by atoms with Crippen molar-refractivity contribution < 1.29 is 14.3 Å². The normalized spacial score (nSPS) is 15.4. The van der Waals surface area contributed by atoms with Crippen molar-refractivity contribution in [1.82, 2.24) is 9.97 Å². The highest BCUT2D eigenvalue weighted by atomic mass is 32.2. The fourth-order valence-corrected chi connectivity index (χ4v) is 5.56. The van der Waals surface area contributed by atoms with E-state index < -0.39 is 0 Å². The van der Waals surface area contributed by atoms with Crippen LogP contribution in [0.15, 0.2) is 29.4 Å². The van der Waals surface area contributed by atoms with Gasteiger partial charge in [0.05, 0.1) is 12.4 Å². The average Bonchev–Trinajstić information content (AvgIpc) is 2.77. The molecule has 2 heterocycles. The average molecular weight is 495 g/mol. The van der Waals surface area contributed by atoms with Gasteiger partial charge in [-0.15, -0.1) is 11.8 Å². The third kappa shape index (κ3) is 7.73. The number of fused-ring (bicyclic) bond motifs is 1. The van der Waals surface area contributed by atoms with Crippen molar-refractivity contribution in [2.45, 2.75) is 102 Å². The lowest BCUT2D eigenvalue weighted by molar-refractivity contribution is -0.134. The minimum atomic E-state index is -0.302. The SMILES string of the molecule is CCCCCCSc1cc2c(cc1C#Cc1cnc(OC(=O)CCC)cn1)C(C)(C)CC(C)(C)O2. The highest BCUT2D eigenvalue weighted by Crippen LogP contribution is 2.46. The fraction of sp³-hybridized carbons (Fsp3) is 0.552. The zero-order chi connectivity index (χ0) is 25.5. The number of esters is 1. The monoisotopic (exact) mass is 494 g/mol. The lowest BCUT2D eigenvalue weighted by Gasteiger charge is -2.42. The second-order valence-corrected chi connectivity index (χ2v) is 11.5. The van der Waals surface area contributed by atoms with E-state index in [9.17, 15) is 4.79 Å². The van der Waals surface area contributed by atoms with Gasteiger partial charge in [0.25, 0.3) is 0 Å². The lowest BCUT2D eigenvalue weighted by Crippen LogP contribution is -2.41. The fourth-order valence-electron chi connectivity index (χ4n) is 4.53. The van der Waals surface area contributed by atoms with Crippen molar-refractivity contribution in [3.63, 3.8) is 0 Å². The molecule has 6 heteroatoms. The molecule has 2 aromatic rings. The van der Waals surface area contributed by atoms with Crippen LogP contribution < -0.4 is 9.47 Å². The number of rotatable bonds is 9. The molecule has 0 atom stereocenters. The summed E-state index contributed by atoms with van der Waals surface area (Å²) in [5, 5.41) is 0. The molecule has 0 saturated carbocycles. The standard InChI is InChI=1S/C29H38N2O3S/c1-7-9-10-11-15-35-25-17-24-23(28(3,4)20-29(5,6)34-24)16-21(25)13-14-22-18-31-26(19-30-22)33-27(32)12-8-2/h16-19H,7-12,15,20H2,1-6H3. The van der Waals surface area contributed by atoms with Crippen molar-refractivity contribution in [2.75, 3.05) is 5.75 Å². The Labute approximate surface area is 214 Å². The van der Waals surface area contributed by atoms with E-state index in [1.54, 1.807) is 6.20 Å². The van der Waals surface area contributed by atoms with E-state index in [-0.39, 0.29) is 22.9 Å². The van der Waals surface area contributed by atoms with Gasteiger partial charge in [0, 0.05) is 22.4 Å². The van der Waals surface area contributed by atoms with Crippen LogP contribution in [0.4, 0.5) is 0 Å². The van der Waals surface area contributed by atoms with Gasteiger partial charge >= 0.3 is 5.97 Å². The predicted molar refractivity (Wildman–Crippen MR) is 142 cm³/mol. The van der Waals surface area contributed by atoms with Gasteiger partial charge < -0.3 is 9.47 Å². The van der Waals surface area contributed by atoms with Crippen LogP contribution in [0.3, 0.4) is 0 Å². The maximum atomic E-state index is 11.7. The molecular formula is C29H38N2O3S. The molecule has 1 aromatic heterocycles. The molecule has 0 saturated heterocycles. The van der Waals surface area contributed by atoms with E-state index in [0.29, 0.717) is 12.1 Å². The highest BCUT2D eigenvalue weighted by molar-refractivity contribution is 7.99. The molecule has 0 amide bonds. The van der Waals surface area contributed by atoms with E-state index in [0.717, 1.165) is 34.8 Å². The second-order valence-electron chi connectivity index (χ2n) is 10.4. The van der Waals surface area contributed by atoms with Gasteiger partial charge in [0.1, 0.15) is 17.0 Å². The maximum absolute atomic E-state index is 11.7. The zero-order valence-corrected chi connectivity index (χ0v) is 22.8. The van der Waals surface area contributed by atoms with Gasteiger partial charge in [-0.25, -0.2) is 9.97 Å². The van der Waals surface area contributed by atoms with Crippen molar-refractivity contribution in [3.05, 3.63) is 41.3 Å². The van der Waals surface area contributed by atoms with E-state index in [2.05, 4.69) is 68.6 Å². The molecular weight excluding hydrogens is 456 g/mol. The molecule has 188 valence electrons. The Morgan fingerprint density at radius 2 is 1.86 bits per heavy atom. The first kappa shape index (κ1) is 27.1. The number of carbonyl (C=O) groups is 1. The predicted octanol–water partition coefficient (Wildman–Crippen LogP) is 7.09. The number of unbranched alkanes of at least 4 members (excludes halogenated alkanes) is 3. The Bertz CT molecular complexity index is 1080. The van der Waals surface area contributed by atoms with Crippen LogP contribution >= 0.6 is 11.8 Å². The number of nitrogens with zero attached hydrogens (tertiary/aromatic N) is 2. The molecule has 0 unspecified atom stereocenters. The van der Waals surface area contributed by atoms with Gasteiger partial charge in [-0.2, -0.15) is 0 Å². The third-order valence-electron chi connectivity index (χ3n) is 5.95. The summed E-state index contributed by atoms with van der Waals surface area (Å²) < 4.78 is 11.6. The first-order chi connectivity index (χ1) is 16.6. The minimum absolute atomic E-state index is 0.0122. The Balaban J connectivity index is 1.87. The quantitative estimate of drug-likeness (QED) is 0.160. The van der Waals surface area contributed by atoms with Crippen LogP contribution in [-0.4, -0.2) is 27.3 Å². The molecule has 0 N–H and O–H groups in total. The second kappa shape index (κ2) is 11.9. The van der Waals surface area contributed by atoms with Crippen molar-refractivity contribution >= 4 is 17.7 Å². The molecule has 1 aromatic carbocycles. The molecule has 35 heavy (non-hydrogen) atoms. The summed E-state index contributed by atoms with van der Waals surface area (Å²) in [4.78, 5) is 21.3. The number of hydrogen-bond acceptors (Lipinski definition) is 6. The number of benzene rings is 1. The molecule has 0 fully saturated rings. The highest BCUT2D eigenvalue weighted by Gasteiger charge is 2.39. The summed E-state index contributed by atoms with van der Waals surface area (Å²) in [7, 11) is 0. The Hall–Kier alpha value is -2.52. The molecule has 0 bridgehead atoms. The summed E-state index contributed by atoms with van der Waals surface area (Å²) in [6.45, 7) is 13.0. The zero-order valence-electron chi connectivity index (χ0n) is 22.0. The van der Waals surface area contributed by atoms with Crippen molar-refractivity contribution in [2.24, 2.45) is 0 Å². The Morgan fingerprint density at radius 1 is 1.06 bits per heavy atom. The van der Waals surface area contributed by atoms with Crippen LogP contribution in [0.5, 0.6) is 11.6 Å². The van der Waals surface area contributed by atoms with E-state index in [1.807, 2.05) is 18.7 Å². The van der Waals surface area contributed by atoms with E-state index in [1.165, 1.54) is 37.4 Å². The van der Waals surface area contributed by atoms with Gasteiger partial charge in [-0.1, -0.05) is 52.9 Å². The summed E-state index contributed by atoms with van der Waals surface area (Å²) in [6.07, 6.45) is 9.96. The number of hydrogen-bond donors (Lipinski definition) is 0. The van der Waals surface area contributed by atoms with Gasteiger partial charge in [0.15, 0.2) is 0 Å². The maximum Gasteiger partial charge on any atom is 0.312 e. The van der Waals surface area contributed by atoms with Gasteiger partial charge in [0.2, 0.25) is 5.88 Å². The number of aromatic nitrogens is 2. The smallest absolute Gasteiger partial charge is 0.312 e. The molecule has 0 spiro atoms. The lowest BCUT2D eigenvalue weighted by atomic mass is 9.73. The molecule has 0 aliphatic carbocycles. The first-order valence-electron chi connectivity index (χ1n) is 12.7. The number of thioether (sulfide) groups is 1. The number of ether oxygens (including phenoxy) is 2. The van der Waals surface area contributed by atoms with Gasteiger partial charge in [-0.05, 0) is 62.3 Å². The summed E-state index contributed by atoms with van der Waals surface area (Å²) in [6, 6.07) is 4.37. The molecule has 0 radical (unpaired) electrons. The van der Waals surface area contributed by atoms with E-state index >= 15 is 0 Å². The van der Waals surface area contributed by atoms with Crippen LogP contribution in [-0.2, 0) is 10.2 Å². The molecule has 3 rings (SSSR count). The Morgan fingerprint density at radius 3 is 2.54 bits per heavy atom. The first-order valence-corrected chi connectivity index (χ1v) is 13.7. The summed E-state index contributed by atoms with van der Waals surface area (Å²) in [5.74, 6) is 8.40. The van der Waals surface area contributed by atoms with Gasteiger partial charge in [-0.3, -0.25) is 4.79 Å². The number of carbonyl (C=O) groups excluding carboxylic acids is 1. The van der Waals surface area contributed by atoms with Crippen LogP contribution in [0, 0.1) is 11.8 Å². The van der Waals surface area contributed by atoms with E-state index in [4.69, 9.17) is 9.47 Å². The third-order valence-corrected chi connectivity index (χ3v) is 7.09. The Kier molecular flexibility index (Phi) is 9.24. The van der Waals surface area contributed by atoms with Crippen molar-refractivity contribution in [3.8, 4) is 23.5 Å². The van der Waals surface area contributed by atoms with Crippen LogP contribution in [0.2, 0.25) is 0 Å². The molecule has 1 aliphatic heterocycles. The molecule has 5 nitrogen and oxygen atoms in total. The topological polar surface area (TPSA) is 61.3 Å².